The molecule has 0 radical (unpaired) electrons. The van der Waals surface area contributed by atoms with Crippen molar-refractivity contribution in [2.45, 2.75) is 6.42 Å². The molecule has 0 atom stereocenters. The first-order valence-electron chi connectivity index (χ1n) is 6.11. The number of rotatable bonds is 4. The lowest BCUT2D eigenvalue weighted by Crippen LogP contribution is -2.06. The minimum atomic E-state index is -0.205. The number of fused-ring (bicyclic) bond motifs is 1. The molecule has 0 unspecified atom stereocenters. The SMILES string of the molecule is Fc1cccc(CCNc2nc3ccccn3n2)c1. The molecule has 0 saturated heterocycles. The van der Waals surface area contributed by atoms with Gasteiger partial charge < -0.3 is 5.32 Å². The molecule has 2 heterocycles. The van der Waals surface area contributed by atoms with Gasteiger partial charge in [-0.2, -0.15) is 4.98 Å². The number of anilines is 1. The second-order valence-corrected chi connectivity index (χ2v) is 4.25. The van der Waals surface area contributed by atoms with Crippen molar-refractivity contribution in [3.63, 3.8) is 0 Å². The Morgan fingerprint density at radius 3 is 2.95 bits per heavy atom. The maximum atomic E-state index is 13.0. The minimum absolute atomic E-state index is 0.205. The maximum absolute atomic E-state index is 13.0. The Morgan fingerprint density at radius 1 is 1.16 bits per heavy atom. The van der Waals surface area contributed by atoms with Crippen LogP contribution in [0.15, 0.2) is 48.7 Å². The van der Waals surface area contributed by atoms with E-state index in [1.165, 1.54) is 6.07 Å². The van der Waals surface area contributed by atoms with E-state index in [4.69, 9.17) is 0 Å². The molecule has 19 heavy (non-hydrogen) atoms. The van der Waals surface area contributed by atoms with Crippen molar-refractivity contribution in [1.29, 1.82) is 0 Å². The third-order valence-electron chi connectivity index (χ3n) is 2.83. The van der Waals surface area contributed by atoms with Gasteiger partial charge in [0.2, 0.25) is 5.95 Å². The fourth-order valence-electron chi connectivity index (χ4n) is 1.92. The first-order valence-corrected chi connectivity index (χ1v) is 6.11. The van der Waals surface area contributed by atoms with Crippen molar-refractivity contribution >= 4 is 11.6 Å². The van der Waals surface area contributed by atoms with Gasteiger partial charge in [-0.1, -0.05) is 18.2 Å². The molecular formula is C14H13FN4. The first kappa shape index (κ1) is 11.6. The highest BCUT2D eigenvalue weighted by molar-refractivity contribution is 5.42. The Hall–Kier alpha value is -2.43. The molecule has 0 bridgehead atoms. The molecule has 1 aromatic carbocycles. The monoisotopic (exact) mass is 256 g/mol. The topological polar surface area (TPSA) is 42.2 Å². The van der Waals surface area contributed by atoms with Crippen LogP contribution in [-0.2, 0) is 6.42 Å². The van der Waals surface area contributed by atoms with Crippen LogP contribution in [0.2, 0.25) is 0 Å². The lowest BCUT2D eigenvalue weighted by atomic mass is 10.1. The zero-order chi connectivity index (χ0) is 13.1. The second-order valence-electron chi connectivity index (χ2n) is 4.25. The van der Waals surface area contributed by atoms with E-state index in [1.54, 1.807) is 16.6 Å². The van der Waals surface area contributed by atoms with Crippen LogP contribution in [0.1, 0.15) is 5.56 Å². The molecule has 3 aromatic rings. The summed E-state index contributed by atoms with van der Waals surface area (Å²) >= 11 is 0. The van der Waals surface area contributed by atoms with Crippen molar-refractivity contribution in [3.05, 3.63) is 60.0 Å². The summed E-state index contributed by atoms with van der Waals surface area (Å²) in [5.74, 6) is 0.381. The molecule has 0 saturated carbocycles. The zero-order valence-corrected chi connectivity index (χ0v) is 10.3. The number of hydrogen-bond acceptors (Lipinski definition) is 3. The molecule has 0 aliphatic rings. The van der Waals surface area contributed by atoms with Gasteiger partial charge >= 0.3 is 0 Å². The van der Waals surface area contributed by atoms with Crippen LogP contribution in [0.4, 0.5) is 10.3 Å². The molecule has 0 aliphatic heterocycles. The van der Waals surface area contributed by atoms with Crippen LogP contribution in [0.25, 0.3) is 5.65 Å². The fourth-order valence-corrected chi connectivity index (χ4v) is 1.92. The van der Waals surface area contributed by atoms with Gasteiger partial charge in [0.1, 0.15) is 5.82 Å². The maximum Gasteiger partial charge on any atom is 0.243 e. The third-order valence-corrected chi connectivity index (χ3v) is 2.83. The number of pyridine rings is 1. The highest BCUT2D eigenvalue weighted by Gasteiger charge is 2.01. The Bertz CT molecular complexity index is 659. The van der Waals surface area contributed by atoms with Crippen LogP contribution < -0.4 is 5.32 Å². The van der Waals surface area contributed by atoms with E-state index >= 15 is 0 Å². The molecule has 2 aromatic heterocycles. The molecule has 1 N–H and O–H groups in total. The van der Waals surface area contributed by atoms with Gasteiger partial charge in [-0.25, -0.2) is 8.91 Å². The molecule has 4 nitrogen and oxygen atoms in total. The highest BCUT2D eigenvalue weighted by Crippen LogP contribution is 2.06. The zero-order valence-electron chi connectivity index (χ0n) is 10.3. The summed E-state index contributed by atoms with van der Waals surface area (Å²) in [6, 6.07) is 12.3. The number of nitrogens with one attached hydrogen (secondary N) is 1. The quantitative estimate of drug-likeness (QED) is 0.780. The van der Waals surface area contributed by atoms with Crippen molar-refractivity contribution in [2.75, 3.05) is 11.9 Å². The predicted molar refractivity (Wildman–Crippen MR) is 71.6 cm³/mol. The first-order chi connectivity index (χ1) is 9.31. The van der Waals surface area contributed by atoms with Crippen molar-refractivity contribution in [1.82, 2.24) is 14.6 Å². The highest BCUT2D eigenvalue weighted by atomic mass is 19.1. The summed E-state index contributed by atoms with van der Waals surface area (Å²) in [5, 5.41) is 7.42. The lowest BCUT2D eigenvalue weighted by molar-refractivity contribution is 0.625. The average molecular weight is 256 g/mol. The Labute approximate surface area is 109 Å². The van der Waals surface area contributed by atoms with Crippen molar-refractivity contribution < 1.29 is 4.39 Å². The summed E-state index contributed by atoms with van der Waals surface area (Å²) in [7, 11) is 0. The van der Waals surface area contributed by atoms with Gasteiger partial charge in [0.05, 0.1) is 0 Å². The van der Waals surface area contributed by atoms with Crippen LogP contribution in [0, 0.1) is 5.82 Å². The van der Waals surface area contributed by atoms with Crippen LogP contribution in [0.3, 0.4) is 0 Å². The van der Waals surface area contributed by atoms with Crippen LogP contribution >= 0.6 is 0 Å². The molecule has 5 heteroatoms. The van der Waals surface area contributed by atoms with E-state index < -0.39 is 0 Å². The largest absolute Gasteiger partial charge is 0.353 e. The van der Waals surface area contributed by atoms with Crippen LogP contribution in [-0.4, -0.2) is 21.1 Å². The summed E-state index contributed by atoms with van der Waals surface area (Å²) < 4.78 is 14.7. The molecule has 0 fully saturated rings. The smallest absolute Gasteiger partial charge is 0.243 e. The second kappa shape index (κ2) is 5.06. The summed E-state index contributed by atoms with van der Waals surface area (Å²) in [6.45, 7) is 0.667. The molecular weight excluding hydrogens is 243 g/mol. The van der Waals surface area contributed by atoms with Gasteiger partial charge in [-0.3, -0.25) is 0 Å². The molecule has 0 spiro atoms. The van der Waals surface area contributed by atoms with E-state index in [0.29, 0.717) is 12.5 Å². The number of halogens is 1. The standard InChI is InChI=1S/C14H13FN4/c15-12-5-3-4-11(10-12)7-8-16-14-17-13-6-1-2-9-19(13)18-14/h1-6,9-10H,7-8H2,(H,16,18). The van der Waals surface area contributed by atoms with Gasteiger partial charge in [0.15, 0.2) is 5.65 Å². The number of hydrogen-bond donors (Lipinski definition) is 1. The molecule has 3 rings (SSSR count). The van der Waals surface area contributed by atoms with Gasteiger partial charge in [-0.05, 0) is 36.2 Å². The number of benzene rings is 1. The summed E-state index contributed by atoms with van der Waals surface area (Å²) in [5.41, 5.74) is 1.76. The van der Waals surface area contributed by atoms with E-state index in [-0.39, 0.29) is 5.82 Å². The Balaban J connectivity index is 1.63. The van der Waals surface area contributed by atoms with E-state index in [2.05, 4.69) is 15.4 Å². The molecule has 0 amide bonds. The van der Waals surface area contributed by atoms with E-state index in [1.807, 2.05) is 30.5 Å². The average Bonchev–Trinajstić information content (AvgIpc) is 2.81. The summed E-state index contributed by atoms with van der Waals surface area (Å²) in [4.78, 5) is 4.33. The molecule has 96 valence electrons. The molecule has 0 aliphatic carbocycles. The lowest BCUT2D eigenvalue weighted by Gasteiger charge is -2.02. The van der Waals surface area contributed by atoms with Gasteiger partial charge in [-0.15, -0.1) is 5.10 Å². The number of nitrogens with zero attached hydrogens (tertiary/aromatic N) is 3. The predicted octanol–water partition coefficient (Wildman–Crippen LogP) is 2.52. The number of aromatic nitrogens is 3. The summed E-state index contributed by atoms with van der Waals surface area (Å²) in [6.07, 6.45) is 2.58. The third kappa shape index (κ3) is 2.70. The van der Waals surface area contributed by atoms with Crippen molar-refractivity contribution in [2.24, 2.45) is 0 Å². The fraction of sp³-hybridized carbons (Fsp3) is 0.143. The van der Waals surface area contributed by atoms with Crippen molar-refractivity contribution in [3.8, 4) is 0 Å². The Kier molecular flexibility index (Phi) is 3.10. The van der Waals surface area contributed by atoms with Crippen LogP contribution in [0.5, 0.6) is 0 Å². The van der Waals surface area contributed by atoms with Gasteiger partial charge in [0, 0.05) is 12.7 Å². The van der Waals surface area contributed by atoms with E-state index in [9.17, 15) is 4.39 Å². The Morgan fingerprint density at radius 2 is 2.11 bits per heavy atom. The van der Waals surface area contributed by atoms with Gasteiger partial charge in [0.25, 0.3) is 0 Å². The van der Waals surface area contributed by atoms with E-state index in [0.717, 1.165) is 17.6 Å². The normalized spacial score (nSPS) is 10.8. The minimum Gasteiger partial charge on any atom is -0.353 e.